The molecule has 6 heteroatoms. The number of pyridine rings is 1. The van der Waals surface area contributed by atoms with Crippen molar-refractivity contribution in [1.29, 1.82) is 0 Å². The van der Waals surface area contributed by atoms with Gasteiger partial charge in [0.2, 0.25) is 0 Å². The van der Waals surface area contributed by atoms with Gasteiger partial charge in [-0.2, -0.15) is 0 Å². The number of nitrogens with one attached hydrogen (secondary N) is 1. The van der Waals surface area contributed by atoms with E-state index < -0.39 is 12.0 Å². The number of amides is 1. The number of aliphatic carboxylic acids is 1. The van der Waals surface area contributed by atoms with Crippen molar-refractivity contribution in [1.82, 2.24) is 10.3 Å². The fourth-order valence-electron chi connectivity index (χ4n) is 6.36. The molecule has 1 unspecified atom stereocenters. The van der Waals surface area contributed by atoms with Crippen LogP contribution in [-0.2, 0) is 16.6 Å². The number of carbonyl (C=O) groups excluding carboxylic acids is 1. The van der Waals surface area contributed by atoms with Gasteiger partial charge in [0.15, 0.2) is 0 Å². The molecule has 5 aromatic rings. The second kappa shape index (κ2) is 12.7. The summed E-state index contributed by atoms with van der Waals surface area (Å²) in [4.78, 5) is 30.5. The first-order valence-electron chi connectivity index (χ1n) is 15.9. The molecule has 1 amide bonds. The number of carbonyl (C=O) groups is 2. The molecule has 1 atom stereocenters. The molecular weight excluding hydrogens is 560 g/mol. The molecule has 2 N–H and O–H groups in total. The molecule has 0 saturated heterocycles. The number of hydrogen-bond donors (Lipinski definition) is 2. The van der Waals surface area contributed by atoms with Gasteiger partial charge in [0.25, 0.3) is 5.91 Å². The first-order chi connectivity index (χ1) is 21.6. The molecule has 0 bridgehead atoms. The summed E-state index contributed by atoms with van der Waals surface area (Å²) in [6.45, 7) is 6.57. The molecule has 1 aromatic heterocycles. The number of carboxylic acid groups (broad SMARTS) is 1. The van der Waals surface area contributed by atoms with Crippen LogP contribution in [0.15, 0.2) is 91.0 Å². The summed E-state index contributed by atoms with van der Waals surface area (Å²) in [5.41, 5.74) is 3.22. The molecule has 6 rings (SSSR count). The largest absolute Gasteiger partial charge is 0.481 e. The maximum atomic E-state index is 13.7. The van der Waals surface area contributed by atoms with Gasteiger partial charge in [-0.15, -0.1) is 0 Å². The number of ether oxygens (including phenoxy) is 1. The minimum Gasteiger partial charge on any atom is -0.481 e. The van der Waals surface area contributed by atoms with Crippen LogP contribution >= 0.6 is 0 Å². The standard InChI is InChI=1S/C39H40N2O4/c1-39(2,3)30-15-18-31(19-16-30)45-32-17-14-28-22-36(40-35(33(28)23-32)20-25-8-4-5-9-25)38(44)41-34(24-37(42)43)29-13-12-26-10-6-7-11-27(26)21-29/h6-7,10-19,21-23,25,34H,4-5,8-9,20,24H2,1-3H3,(H,41,44)(H,42,43). The summed E-state index contributed by atoms with van der Waals surface area (Å²) in [5.74, 6) is 0.633. The highest BCUT2D eigenvalue weighted by Crippen LogP contribution is 2.34. The fourth-order valence-corrected chi connectivity index (χ4v) is 6.36. The van der Waals surface area contributed by atoms with Gasteiger partial charge in [-0.05, 0) is 81.4 Å². The molecular formula is C39H40N2O4. The van der Waals surface area contributed by atoms with E-state index in [2.05, 4.69) is 38.2 Å². The Morgan fingerprint density at radius 1 is 0.867 bits per heavy atom. The predicted molar refractivity (Wildman–Crippen MR) is 179 cm³/mol. The monoisotopic (exact) mass is 600 g/mol. The van der Waals surface area contributed by atoms with E-state index in [1.165, 1.54) is 18.4 Å². The zero-order valence-electron chi connectivity index (χ0n) is 26.2. The van der Waals surface area contributed by atoms with Crippen LogP contribution in [0.4, 0.5) is 0 Å². The number of rotatable bonds is 9. The zero-order valence-corrected chi connectivity index (χ0v) is 26.2. The molecule has 1 aliphatic rings. The predicted octanol–water partition coefficient (Wildman–Crippen LogP) is 9.16. The van der Waals surface area contributed by atoms with Gasteiger partial charge in [0, 0.05) is 11.1 Å². The Kier molecular flexibility index (Phi) is 8.57. The lowest BCUT2D eigenvalue weighted by Crippen LogP contribution is -2.31. The van der Waals surface area contributed by atoms with Gasteiger partial charge in [-0.25, -0.2) is 4.98 Å². The Morgan fingerprint density at radius 3 is 2.27 bits per heavy atom. The van der Waals surface area contributed by atoms with Crippen molar-refractivity contribution in [2.45, 2.75) is 70.8 Å². The number of fused-ring (bicyclic) bond motifs is 2. The number of benzene rings is 4. The topological polar surface area (TPSA) is 88.5 Å². The van der Waals surface area contributed by atoms with Crippen LogP contribution in [0.5, 0.6) is 11.5 Å². The Bertz CT molecular complexity index is 1850. The van der Waals surface area contributed by atoms with Gasteiger partial charge >= 0.3 is 5.97 Å². The lowest BCUT2D eigenvalue weighted by molar-refractivity contribution is -0.137. The van der Waals surface area contributed by atoms with E-state index in [1.807, 2.05) is 72.8 Å². The number of hydrogen-bond acceptors (Lipinski definition) is 4. The highest BCUT2D eigenvalue weighted by atomic mass is 16.5. The minimum absolute atomic E-state index is 0.0649. The van der Waals surface area contributed by atoms with Gasteiger partial charge in [-0.3, -0.25) is 9.59 Å². The van der Waals surface area contributed by atoms with Gasteiger partial charge in [0.1, 0.15) is 17.2 Å². The van der Waals surface area contributed by atoms with Gasteiger partial charge < -0.3 is 15.2 Å². The highest BCUT2D eigenvalue weighted by molar-refractivity contribution is 5.98. The first kappa shape index (κ1) is 30.3. The van der Waals surface area contributed by atoms with Crippen LogP contribution in [0.25, 0.3) is 21.5 Å². The molecule has 1 heterocycles. The third kappa shape index (κ3) is 7.17. The van der Waals surface area contributed by atoms with Crippen LogP contribution < -0.4 is 10.1 Å². The van der Waals surface area contributed by atoms with Crippen LogP contribution in [0.3, 0.4) is 0 Å². The fraction of sp³-hybridized carbons (Fsp3) is 0.308. The second-order valence-corrected chi connectivity index (χ2v) is 13.3. The van der Waals surface area contributed by atoms with Gasteiger partial charge in [-0.1, -0.05) is 101 Å². The third-order valence-electron chi connectivity index (χ3n) is 8.89. The molecule has 230 valence electrons. The summed E-state index contributed by atoms with van der Waals surface area (Å²) in [5, 5.41) is 16.6. The maximum Gasteiger partial charge on any atom is 0.305 e. The van der Waals surface area contributed by atoms with E-state index >= 15 is 0 Å². The quantitative estimate of drug-likeness (QED) is 0.176. The Labute approximate surface area is 264 Å². The van der Waals surface area contributed by atoms with Crippen LogP contribution in [0.2, 0.25) is 0 Å². The normalized spacial score (nSPS) is 14.5. The van der Waals surface area contributed by atoms with Crippen LogP contribution in [0.1, 0.15) is 86.2 Å². The maximum absolute atomic E-state index is 13.7. The molecule has 0 radical (unpaired) electrons. The zero-order chi connectivity index (χ0) is 31.6. The summed E-state index contributed by atoms with van der Waals surface area (Å²) >= 11 is 0. The van der Waals surface area contributed by atoms with Crippen LogP contribution in [-0.4, -0.2) is 22.0 Å². The SMILES string of the molecule is CC(C)(C)c1ccc(Oc2ccc3cc(C(=O)NC(CC(=O)O)c4ccc5ccccc5c4)nc(CC4CCCC4)c3c2)cc1. The van der Waals surface area contributed by atoms with E-state index in [0.717, 1.165) is 63.6 Å². The number of carboxylic acids is 1. The summed E-state index contributed by atoms with van der Waals surface area (Å²) < 4.78 is 6.26. The lowest BCUT2D eigenvalue weighted by Gasteiger charge is -2.19. The van der Waals surface area contributed by atoms with E-state index in [0.29, 0.717) is 5.92 Å². The number of aromatic nitrogens is 1. The second-order valence-electron chi connectivity index (χ2n) is 13.3. The van der Waals surface area contributed by atoms with E-state index in [1.54, 1.807) is 6.07 Å². The smallest absolute Gasteiger partial charge is 0.305 e. The van der Waals surface area contributed by atoms with E-state index in [-0.39, 0.29) is 23.4 Å². The third-order valence-corrected chi connectivity index (χ3v) is 8.89. The molecule has 0 aliphatic heterocycles. The molecule has 1 fully saturated rings. The molecule has 6 nitrogen and oxygen atoms in total. The Morgan fingerprint density at radius 2 is 1.56 bits per heavy atom. The highest BCUT2D eigenvalue weighted by Gasteiger charge is 2.23. The van der Waals surface area contributed by atoms with E-state index in [4.69, 9.17) is 9.72 Å². The van der Waals surface area contributed by atoms with Crippen molar-refractivity contribution in [3.8, 4) is 11.5 Å². The summed E-state index contributed by atoms with van der Waals surface area (Å²) in [7, 11) is 0. The summed E-state index contributed by atoms with van der Waals surface area (Å²) in [6, 6.07) is 28.9. The van der Waals surface area contributed by atoms with Crippen molar-refractivity contribution in [2.24, 2.45) is 5.92 Å². The Balaban J connectivity index is 1.30. The van der Waals surface area contributed by atoms with Crippen molar-refractivity contribution in [3.63, 3.8) is 0 Å². The molecule has 1 saturated carbocycles. The van der Waals surface area contributed by atoms with Crippen molar-refractivity contribution < 1.29 is 19.4 Å². The minimum atomic E-state index is -0.984. The van der Waals surface area contributed by atoms with Crippen LogP contribution in [0, 0.1) is 5.92 Å². The van der Waals surface area contributed by atoms with Gasteiger partial charge in [0.05, 0.1) is 12.5 Å². The average molecular weight is 601 g/mol. The first-order valence-corrected chi connectivity index (χ1v) is 15.9. The molecule has 0 spiro atoms. The molecule has 1 aliphatic carbocycles. The van der Waals surface area contributed by atoms with E-state index in [9.17, 15) is 14.7 Å². The molecule has 45 heavy (non-hydrogen) atoms. The lowest BCUT2D eigenvalue weighted by atomic mass is 9.87. The average Bonchev–Trinajstić information content (AvgIpc) is 3.53. The molecule has 4 aromatic carbocycles. The van der Waals surface area contributed by atoms with Crippen molar-refractivity contribution >= 4 is 33.4 Å². The Hall–Kier alpha value is -4.71. The van der Waals surface area contributed by atoms with Crippen molar-refractivity contribution in [3.05, 3.63) is 114 Å². The summed E-state index contributed by atoms with van der Waals surface area (Å²) in [6.07, 6.45) is 5.28. The van der Waals surface area contributed by atoms with Crippen molar-refractivity contribution in [2.75, 3.05) is 0 Å². The number of nitrogens with zero attached hydrogens (tertiary/aromatic N) is 1.